The average molecular weight is 490 g/mol. The van der Waals surface area contributed by atoms with Gasteiger partial charge in [0.1, 0.15) is 11.5 Å². The van der Waals surface area contributed by atoms with Gasteiger partial charge in [0.15, 0.2) is 0 Å². The zero-order chi connectivity index (χ0) is 24.3. The first kappa shape index (κ1) is 27.4. The maximum Gasteiger partial charge on any atom is 0.287 e. The molecule has 4 heterocycles. The van der Waals surface area contributed by atoms with Gasteiger partial charge in [-0.25, -0.2) is 0 Å². The summed E-state index contributed by atoms with van der Waals surface area (Å²) in [5.74, 6) is 0.172. The van der Waals surface area contributed by atoms with Crippen molar-refractivity contribution < 1.29 is 13.5 Å². The highest BCUT2D eigenvalue weighted by Gasteiger charge is 2.38. The van der Waals surface area contributed by atoms with Crippen molar-refractivity contribution in [3.8, 4) is 11.3 Å². The van der Waals surface area contributed by atoms with Crippen molar-refractivity contribution in [3.63, 3.8) is 0 Å². The minimum atomic E-state index is -3.03. The number of pyridine rings is 1. The molecule has 0 spiro atoms. The molecule has 194 valence electrons. The van der Waals surface area contributed by atoms with E-state index in [1.807, 2.05) is 0 Å². The Morgan fingerprint density at radius 1 is 1.11 bits per heavy atom. The number of alkyl halides is 2. The monoisotopic (exact) mass is 489 g/mol. The van der Waals surface area contributed by atoms with Gasteiger partial charge in [0.05, 0.1) is 11.3 Å². The molecule has 0 amide bonds. The summed E-state index contributed by atoms with van der Waals surface area (Å²) in [5, 5.41) is 7.41. The van der Waals surface area contributed by atoms with E-state index in [1.165, 1.54) is 76.1 Å². The number of likely N-dealkylation sites (tertiary alicyclic amines) is 1. The van der Waals surface area contributed by atoms with Gasteiger partial charge in [0.2, 0.25) is 0 Å². The SMILES string of the molecule is C.CC(F)(F)c1ncccc1-c1ccc(N)nn1.CC1(C)CC(CN2CC3CCCC3C2)CCO1. The molecule has 2 aliphatic heterocycles. The van der Waals surface area contributed by atoms with E-state index in [-0.39, 0.29) is 30.1 Å². The molecule has 1 saturated carbocycles. The Bertz CT molecular complexity index is 935. The third-order valence-corrected chi connectivity index (χ3v) is 7.30. The predicted molar refractivity (Wildman–Crippen MR) is 136 cm³/mol. The van der Waals surface area contributed by atoms with Crippen molar-refractivity contribution in [2.24, 2.45) is 17.8 Å². The standard InChI is InChI=1S/C15H27NO.C11H10F2N4.CH4/c1-15(2)8-12(6-7-17-15)9-16-10-13-4-3-5-14(13)11-16;1-11(12,13)10-7(3-2-6-15-10)8-4-5-9(14)17-16-8;/h12-14H,3-11H2,1-2H3;2-6H,1H3,(H2,14,17);1H4. The Morgan fingerprint density at radius 3 is 2.43 bits per heavy atom. The lowest BCUT2D eigenvalue weighted by molar-refractivity contribution is -0.0762. The van der Waals surface area contributed by atoms with Crippen LogP contribution in [0.1, 0.15) is 66.0 Å². The lowest BCUT2D eigenvalue weighted by Gasteiger charge is -2.37. The highest BCUT2D eigenvalue weighted by Crippen LogP contribution is 2.39. The van der Waals surface area contributed by atoms with E-state index in [4.69, 9.17) is 10.5 Å². The molecule has 2 aromatic rings. The van der Waals surface area contributed by atoms with Gasteiger partial charge in [-0.2, -0.15) is 8.78 Å². The number of nitrogen functional groups attached to an aromatic ring is 1. The quantitative estimate of drug-likeness (QED) is 0.586. The molecule has 5 rings (SSSR count). The van der Waals surface area contributed by atoms with Gasteiger partial charge < -0.3 is 15.4 Å². The van der Waals surface area contributed by atoms with Gasteiger partial charge in [0, 0.05) is 44.9 Å². The van der Waals surface area contributed by atoms with Crippen LogP contribution in [0.15, 0.2) is 30.5 Å². The van der Waals surface area contributed by atoms with Crippen molar-refractivity contribution >= 4 is 5.82 Å². The number of aromatic nitrogens is 3. The molecule has 2 aromatic heterocycles. The first-order chi connectivity index (χ1) is 16.1. The number of halogens is 2. The van der Waals surface area contributed by atoms with Crippen molar-refractivity contribution in [1.82, 2.24) is 20.1 Å². The number of fused-ring (bicyclic) bond motifs is 1. The summed E-state index contributed by atoms with van der Waals surface area (Å²) in [6.07, 6.45) is 8.34. The van der Waals surface area contributed by atoms with Crippen LogP contribution in [-0.4, -0.2) is 51.9 Å². The zero-order valence-electron chi connectivity index (χ0n) is 20.5. The van der Waals surface area contributed by atoms with Gasteiger partial charge in [-0.1, -0.05) is 13.8 Å². The van der Waals surface area contributed by atoms with Gasteiger partial charge >= 0.3 is 0 Å². The van der Waals surface area contributed by atoms with Crippen LogP contribution in [-0.2, 0) is 10.7 Å². The van der Waals surface area contributed by atoms with Gasteiger partial charge in [-0.15, -0.1) is 10.2 Å². The number of anilines is 1. The molecule has 2 saturated heterocycles. The third-order valence-electron chi connectivity index (χ3n) is 7.30. The maximum absolute atomic E-state index is 13.3. The fourth-order valence-electron chi connectivity index (χ4n) is 5.81. The fourth-order valence-corrected chi connectivity index (χ4v) is 5.81. The maximum atomic E-state index is 13.3. The Kier molecular flexibility index (Phi) is 8.81. The Morgan fingerprint density at radius 2 is 1.83 bits per heavy atom. The minimum Gasteiger partial charge on any atom is -0.382 e. The zero-order valence-corrected chi connectivity index (χ0v) is 20.5. The van der Waals surface area contributed by atoms with Crippen molar-refractivity contribution in [3.05, 3.63) is 36.2 Å². The molecule has 0 aromatic carbocycles. The van der Waals surface area contributed by atoms with Gasteiger partial charge in [-0.05, 0) is 81.5 Å². The molecule has 6 nitrogen and oxygen atoms in total. The van der Waals surface area contributed by atoms with Gasteiger partial charge in [0.25, 0.3) is 5.92 Å². The van der Waals surface area contributed by atoms with Crippen LogP contribution in [0.3, 0.4) is 0 Å². The topological polar surface area (TPSA) is 77.2 Å². The third kappa shape index (κ3) is 7.17. The first-order valence-corrected chi connectivity index (χ1v) is 12.4. The molecule has 35 heavy (non-hydrogen) atoms. The second-order valence-electron chi connectivity index (χ2n) is 10.8. The number of ether oxygens (including phenoxy) is 1. The second kappa shape index (κ2) is 11.2. The number of hydrogen-bond donors (Lipinski definition) is 1. The highest BCUT2D eigenvalue weighted by molar-refractivity contribution is 5.62. The number of nitrogens with zero attached hydrogens (tertiary/aromatic N) is 4. The highest BCUT2D eigenvalue weighted by atomic mass is 19.3. The molecule has 3 fully saturated rings. The summed E-state index contributed by atoms with van der Waals surface area (Å²) in [6, 6.07) is 6.14. The minimum absolute atomic E-state index is 0. The van der Waals surface area contributed by atoms with Crippen molar-refractivity contribution in [2.75, 3.05) is 32.0 Å². The normalized spacial score (nSPS) is 25.8. The van der Waals surface area contributed by atoms with E-state index in [0.29, 0.717) is 5.69 Å². The molecule has 1 aliphatic carbocycles. The largest absolute Gasteiger partial charge is 0.382 e. The summed E-state index contributed by atoms with van der Waals surface area (Å²) in [7, 11) is 0. The first-order valence-electron chi connectivity index (χ1n) is 12.4. The molecule has 3 unspecified atom stereocenters. The van der Waals surface area contributed by atoms with Crippen LogP contribution in [0.25, 0.3) is 11.3 Å². The summed E-state index contributed by atoms with van der Waals surface area (Å²) < 4.78 is 32.5. The second-order valence-corrected chi connectivity index (χ2v) is 10.8. The smallest absolute Gasteiger partial charge is 0.287 e. The van der Waals surface area contributed by atoms with Crippen molar-refractivity contribution in [1.29, 1.82) is 0 Å². The molecule has 0 bridgehead atoms. The van der Waals surface area contributed by atoms with Crippen LogP contribution < -0.4 is 5.73 Å². The fraction of sp³-hybridized carbons (Fsp3) is 0.667. The molecule has 3 aliphatic rings. The van der Waals surface area contributed by atoms with Gasteiger partial charge in [-0.3, -0.25) is 4.98 Å². The predicted octanol–water partition coefficient (Wildman–Crippen LogP) is 5.79. The number of nitrogens with two attached hydrogens (primary N) is 1. The van der Waals surface area contributed by atoms with Crippen LogP contribution >= 0.6 is 0 Å². The summed E-state index contributed by atoms with van der Waals surface area (Å²) in [5.41, 5.74) is 5.77. The van der Waals surface area contributed by atoms with Crippen LogP contribution in [0, 0.1) is 17.8 Å². The number of hydrogen-bond acceptors (Lipinski definition) is 6. The average Bonchev–Trinajstić information content (AvgIpc) is 3.35. The van der Waals surface area contributed by atoms with E-state index >= 15 is 0 Å². The van der Waals surface area contributed by atoms with Crippen LogP contribution in [0.4, 0.5) is 14.6 Å². The molecule has 2 N–H and O–H groups in total. The van der Waals surface area contributed by atoms with E-state index in [0.717, 1.165) is 31.3 Å². The van der Waals surface area contributed by atoms with Crippen molar-refractivity contribution in [2.45, 2.75) is 71.8 Å². The lowest BCUT2D eigenvalue weighted by atomic mass is 9.88. The Hall–Kier alpha value is -2.19. The molecule has 8 heteroatoms. The van der Waals surface area contributed by atoms with E-state index in [9.17, 15) is 8.78 Å². The Labute approximate surface area is 208 Å². The van der Waals surface area contributed by atoms with Crippen LogP contribution in [0.2, 0.25) is 0 Å². The molecule has 0 radical (unpaired) electrons. The number of rotatable bonds is 4. The Balaban J connectivity index is 0.000000190. The van der Waals surface area contributed by atoms with Crippen LogP contribution in [0.5, 0.6) is 0 Å². The van der Waals surface area contributed by atoms with E-state index in [2.05, 4.69) is 33.9 Å². The lowest BCUT2D eigenvalue weighted by Crippen LogP contribution is -2.39. The molecule has 3 atom stereocenters. The van der Waals surface area contributed by atoms with E-state index in [1.54, 1.807) is 6.07 Å². The summed E-state index contributed by atoms with van der Waals surface area (Å²) in [6.45, 7) is 10.4. The van der Waals surface area contributed by atoms with E-state index < -0.39 is 5.92 Å². The summed E-state index contributed by atoms with van der Waals surface area (Å²) >= 11 is 0. The summed E-state index contributed by atoms with van der Waals surface area (Å²) in [4.78, 5) is 6.45. The molecular formula is C27H41F2N5O. The molecular weight excluding hydrogens is 448 g/mol.